The first kappa shape index (κ1) is 18.2. The first-order valence-electron chi connectivity index (χ1n) is 7.55. The summed E-state index contributed by atoms with van der Waals surface area (Å²) < 4.78 is 23.6. The van der Waals surface area contributed by atoms with Gasteiger partial charge in [-0.3, -0.25) is 0 Å². The van der Waals surface area contributed by atoms with Crippen LogP contribution in [0.1, 0.15) is 25.0 Å². The summed E-state index contributed by atoms with van der Waals surface area (Å²) in [5.41, 5.74) is 2.38. The van der Waals surface area contributed by atoms with E-state index in [0.29, 0.717) is 21.1 Å². The summed E-state index contributed by atoms with van der Waals surface area (Å²) in [7, 11) is 0.0847. The van der Waals surface area contributed by atoms with Gasteiger partial charge in [0, 0.05) is 12.0 Å². The Balaban J connectivity index is 2.55. The van der Waals surface area contributed by atoms with Gasteiger partial charge in [-0.2, -0.15) is 0 Å². The van der Waals surface area contributed by atoms with Crippen molar-refractivity contribution >= 4 is 15.7 Å². The average Bonchev–Trinajstić information content (AvgIpc) is 2.55. The van der Waals surface area contributed by atoms with Crippen LogP contribution in [0.2, 0.25) is 0 Å². The number of hydrogen-bond acceptors (Lipinski definition) is 4. The van der Waals surface area contributed by atoms with E-state index < -0.39 is 10.8 Å². The van der Waals surface area contributed by atoms with Crippen LogP contribution in [0.3, 0.4) is 0 Å². The normalized spacial score (nSPS) is 11.8. The minimum absolute atomic E-state index is 0.0280. The Kier molecular flexibility index (Phi) is 6.17. The van der Waals surface area contributed by atoms with E-state index in [-0.39, 0.29) is 12.5 Å². The Bertz CT molecular complexity index is 759. The van der Waals surface area contributed by atoms with Gasteiger partial charge in [-0.1, -0.05) is 29.3 Å². The molecule has 2 aromatic carbocycles. The van der Waals surface area contributed by atoms with Crippen LogP contribution in [0.15, 0.2) is 52.9 Å². The number of aromatic hydroxyl groups is 1. The lowest BCUT2D eigenvalue weighted by Gasteiger charge is -2.16. The van der Waals surface area contributed by atoms with E-state index in [1.54, 1.807) is 18.2 Å². The van der Waals surface area contributed by atoms with Gasteiger partial charge >= 0.3 is 0 Å². The Morgan fingerprint density at radius 3 is 2.38 bits per heavy atom. The van der Waals surface area contributed by atoms with Gasteiger partial charge in [0.05, 0.1) is 21.3 Å². The Hall–Kier alpha value is -2.11. The molecule has 0 aliphatic carbocycles. The Morgan fingerprint density at radius 1 is 1.12 bits per heavy atom. The molecule has 5 heteroatoms. The molecule has 0 aromatic heterocycles. The van der Waals surface area contributed by atoms with Gasteiger partial charge in [0.1, 0.15) is 11.5 Å². The lowest BCUT2D eigenvalue weighted by Crippen LogP contribution is -2.05. The number of allylic oxidation sites excluding steroid dienone is 1. The second-order valence-electron chi connectivity index (χ2n) is 5.61. The van der Waals surface area contributed by atoms with Gasteiger partial charge in [-0.25, -0.2) is 4.21 Å². The van der Waals surface area contributed by atoms with Crippen LogP contribution < -0.4 is 4.74 Å². The Morgan fingerprint density at radius 2 is 1.79 bits per heavy atom. The number of hydrogen-bond donors (Lipinski definition) is 1. The maximum Gasteiger partial charge on any atom is 0.188 e. The zero-order chi connectivity index (χ0) is 17.7. The van der Waals surface area contributed by atoms with Crippen molar-refractivity contribution in [2.24, 2.45) is 0 Å². The number of phenols is 1. The lowest BCUT2D eigenvalue weighted by atomic mass is 10.1. The molecule has 1 N–H and O–H groups in total. The van der Waals surface area contributed by atoms with Crippen molar-refractivity contribution in [3.8, 4) is 11.5 Å². The van der Waals surface area contributed by atoms with Crippen LogP contribution in [0, 0.1) is 6.92 Å². The topological polar surface area (TPSA) is 55.8 Å². The van der Waals surface area contributed by atoms with Crippen molar-refractivity contribution in [3.05, 3.63) is 59.2 Å². The molecule has 4 nitrogen and oxygen atoms in total. The summed E-state index contributed by atoms with van der Waals surface area (Å²) >= 11 is 0. The number of phenolic OH excluding ortho intramolecular Hbond substituents is 1. The third kappa shape index (κ3) is 4.04. The molecule has 0 saturated carbocycles. The highest BCUT2D eigenvalue weighted by Crippen LogP contribution is 2.39. The van der Waals surface area contributed by atoms with Crippen LogP contribution in [0.5, 0.6) is 11.5 Å². The molecule has 0 aliphatic heterocycles. The molecule has 0 fully saturated rings. The van der Waals surface area contributed by atoms with Gasteiger partial charge in [-0.15, -0.1) is 0 Å². The third-order valence-corrected chi connectivity index (χ3v) is 5.12. The fourth-order valence-corrected chi connectivity index (χ4v) is 3.68. The summed E-state index contributed by atoms with van der Waals surface area (Å²) in [4.78, 5) is 1.22. The predicted molar refractivity (Wildman–Crippen MR) is 96.5 cm³/mol. The minimum atomic E-state index is -1.44. The van der Waals surface area contributed by atoms with E-state index in [4.69, 9.17) is 9.47 Å². The molecular weight excluding hydrogens is 324 g/mol. The summed E-state index contributed by atoms with van der Waals surface area (Å²) in [6, 6.07) is 12.5. The van der Waals surface area contributed by atoms with E-state index in [0.717, 1.165) is 11.1 Å². The number of aryl methyl sites for hydroxylation is 1. The van der Waals surface area contributed by atoms with Crippen molar-refractivity contribution in [2.45, 2.75) is 25.7 Å². The average molecular weight is 346 g/mol. The number of methoxy groups -OCH3 is 1. The van der Waals surface area contributed by atoms with Crippen LogP contribution in [-0.2, 0) is 15.5 Å². The molecule has 24 heavy (non-hydrogen) atoms. The van der Waals surface area contributed by atoms with Crippen LogP contribution in [0.25, 0.3) is 4.91 Å². The molecule has 128 valence electrons. The molecule has 0 heterocycles. The lowest BCUT2D eigenvalue weighted by molar-refractivity contribution is 0.0508. The molecule has 0 aliphatic rings. The second-order valence-corrected chi connectivity index (χ2v) is 7.03. The maximum absolute atomic E-state index is 13.1. The molecule has 2 aromatic rings. The quantitative estimate of drug-likeness (QED) is 0.795. The fourth-order valence-electron chi connectivity index (χ4n) is 2.30. The van der Waals surface area contributed by atoms with E-state index >= 15 is 0 Å². The van der Waals surface area contributed by atoms with E-state index in [1.165, 1.54) is 7.11 Å². The predicted octanol–water partition coefficient (Wildman–Crippen LogP) is 4.24. The highest BCUT2D eigenvalue weighted by Gasteiger charge is 2.22. The number of benzene rings is 2. The molecule has 0 bridgehead atoms. The fraction of sp³-hybridized carbons (Fsp3) is 0.263. The maximum atomic E-state index is 13.1. The standard InChI is InChI=1S/C19H22O4S/c1-13(2)19(24(21)15-10-8-14(3)9-11-15)18-16(20)6-5-7-17(18)23-12-22-4/h5-11,20H,12H2,1-4H3. The molecule has 0 saturated heterocycles. The number of rotatable bonds is 6. The van der Waals surface area contributed by atoms with Crippen molar-refractivity contribution in [1.29, 1.82) is 0 Å². The molecule has 2 rings (SSSR count). The summed E-state index contributed by atoms with van der Waals surface area (Å²) in [6.07, 6.45) is 0. The van der Waals surface area contributed by atoms with Gasteiger partial charge in [0.2, 0.25) is 0 Å². The van der Waals surface area contributed by atoms with Gasteiger partial charge < -0.3 is 14.6 Å². The van der Waals surface area contributed by atoms with Crippen LogP contribution >= 0.6 is 0 Å². The van der Waals surface area contributed by atoms with E-state index in [2.05, 4.69) is 0 Å². The number of ether oxygens (including phenoxy) is 2. The highest BCUT2D eigenvalue weighted by atomic mass is 32.2. The summed E-state index contributed by atoms with van der Waals surface area (Å²) in [6.45, 7) is 5.76. The zero-order valence-corrected chi connectivity index (χ0v) is 15.1. The van der Waals surface area contributed by atoms with Crippen LogP contribution in [0.4, 0.5) is 0 Å². The van der Waals surface area contributed by atoms with E-state index in [9.17, 15) is 9.32 Å². The summed E-state index contributed by atoms with van der Waals surface area (Å²) in [5, 5.41) is 10.4. The molecule has 0 radical (unpaired) electrons. The van der Waals surface area contributed by atoms with E-state index in [1.807, 2.05) is 45.0 Å². The smallest absolute Gasteiger partial charge is 0.188 e. The largest absolute Gasteiger partial charge is 0.507 e. The molecule has 0 amide bonds. The van der Waals surface area contributed by atoms with Gasteiger partial charge in [-0.05, 0) is 45.0 Å². The first-order chi connectivity index (χ1) is 11.5. The third-order valence-electron chi connectivity index (χ3n) is 3.44. The van der Waals surface area contributed by atoms with Crippen LogP contribution in [-0.4, -0.2) is 23.2 Å². The van der Waals surface area contributed by atoms with Gasteiger partial charge in [0.15, 0.2) is 6.79 Å². The van der Waals surface area contributed by atoms with Gasteiger partial charge in [0.25, 0.3) is 0 Å². The highest BCUT2D eigenvalue weighted by molar-refractivity contribution is 7.94. The zero-order valence-electron chi connectivity index (χ0n) is 14.3. The first-order valence-corrected chi connectivity index (χ1v) is 8.70. The molecule has 0 spiro atoms. The SMILES string of the molecule is COCOc1cccc(O)c1C(=C(C)C)S(=O)c1ccc(C)cc1. The Labute approximate surface area is 145 Å². The minimum Gasteiger partial charge on any atom is -0.507 e. The van der Waals surface area contributed by atoms with Crippen molar-refractivity contribution in [2.75, 3.05) is 13.9 Å². The molecule has 1 unspecified atom stereocenters. The molecule has 1 atom stereocenters. The second kappa shape index (κ2) is 8.13. The van der Waals surface area contributed by atoms with Crippen molar-refractivity contribution in [1.82, 2.24) is 0 Å². The molecular formula is C19H22O4S. The van der Waals surface area contributed by atoms with Crippen molar-refractivity contribution in [3.63, 3.8) is 0 Å². The van der Waals surface area contributed by atoms with Crippen molar-refractivity contribution < 1.29 is 18.8 Å². The monoisotopic (exact) mass is 346 g/mol. The summed E-state index contributed by atoms with van der Waals surface area (Å²) in [5.74, 6) is 0.466.